The van der Waals surface area contributed by atoms with Crippen LogP contribution in [0.25, 0.3) is 10.8 Å². The Balaban J connectivity index is 1.41. The number of hydrogen-bond acceptors (Lipinski definition) is 3. The van der Waals surface area contributed by atoms with E-state index in [2.05, 4.69) is 68.2 Å². The first-order valence-electron chi connectivity index (χ1n) is 8.77. The lowest BCUT2D eigenvalue weighted by molar-refractivity contribution is 0.178. The Bertz CT molecular complexity index is 841. The second-order valence-electron chi connectivity index (χ2n) is 6.68. The van der Waals surface area contributed by atoms with E-state index in [1.54, 1.807) is 0 Å². The number of hydrogen-bond donors (Lipinski definition) is 1. The molecule has 1 aliphatic rings. The molecule has 1 aliphatic heterocycles. The number of benzene rings is 1. The van der Waals surface area contributed by atoms with Gasteiger partial charge in [-0.05, 0) is 84.0 Å². The number of thioether (sulfide) groups is 1. The maximum absolute atomic E-state index is 4.21. The maximum Gasteiger partial charge on any atom is 0.0346 e. The average molecular weight is 416 g/mol. The summed E-state index contributed by atoms with van der Waals surface area (Å²) in [5, 5.41) is 3.14. The quantitative estimate of drug-likeness (QED) is 0.597. The molecular formula is C20H22BrN3S. The highest BCUT2D eigenvalue weighted by atomic mass is 79.9. The molecule has 1 unspecified atom stereocenters. The first-order valence-corrected chi connectivity index (χ1v) is 10.4. The van der Waals surface area contributed by atoms with E-state index in [9.17, 15) is 0 Å². The third kappa shape index (κ3) is 3.78. The molecule has 3 aromatic rings. The molecular weight excluding hydrogens is 394 g/mol. The Morgan fingerprint density at radius 3 is 2.84 bits per heavy atom. The van der Waals surface area contributed by atoms with E-state index in [0.29, 0.717) is 11.3 Å². The standard InChI is InChI=1S/C20H22BrN3S/c1-14(16-3-7-22-12-16)24-8-4-18(5-9-24)25-20-11-15-2-6-23-13-17(15)10-19(20)21/h2-3,6-7,10-14,18,22H,4-5,8-9H2,1H3. The average Bonchev–Trinajstić information content (AvgIpc) is 3.17. The van der Waals surface area contributed by atoms with Crippen molar-refractivity contribution in [2.45, 2.75) is 36.0 Å². The van der Waals surface area contributed by atoms with Gasteiger partial charge in [0.05, 0.1) is 0 Å². The molecule has 1 aromatic carbocycles. The van der Waals surface area contributed by atoms with E-state index in [0.717, 1.165) is 0 Å². The van der Waals surface area contributed by atoms with Crippen molar-refractivity contribution in [1.29, 1.82) is 0 Å². The van der Waals surface area contributed by atoms with E-state index >= 15 is 0 Å². The van der Waals surface area contributed by atoms with Gasteiger partial charge in [0.2, 0.25) is 0 Å². The molecule has 1 fully saturated rings. The van der Waals surface area contributed by atoms with Crippen LogP contribution in [0.1, 0.15) is 31.4 Å². The number of aromatic amines is 1. The summed E-state index contributed by atoms with van der Waals surface area (Å²) in [6, 6.07) is 9.26. The van der Waals surface area contributed by atoms with Crippen molar-refractivity contribution >= 4 is 38.5 Å². The van der Waals surface area contributed by atoms with Crippen LogP contribution in [0.4, 0.5) is 0 Å². The van der Waals surface area contributed by atoms with E-state index < -0.39 is 0 Å². The van der Waals surface area contributed by atoms with Crippen LogP contribution in [0.2, 0.25) is 0 Å². The Kier molecular flexibility index (Phi) is 5.15. The minimum absolute atomic E-state index is 0.497. The Morgan fingerprint density at radius 1 is 1.24 bits per heavy atom. The Labute approximate surface area is 161 Å². The number of fused-ring (bicyclic) bond motifs is 1. The SMILES string of the molecule is CC(c1cc[nH]c1)N1CCC(Sc2cc3ccncc3cc2Br)CC1. The van der Waals surface area contributed by atoms with Crippen molar-refractivity contribution in [3.05, 3.63) is 59.1 Å². The summed E-state index contributed by atoms with van der Waals surface area (Å²) in [6.07, 6.45) is 10.4. The Hall–Kier alpha value is -1.30. The summed E-state index contributed by atoms with van der Waals surface area (Å²) in [6.45, 7) is 4.64. The molecule has 3 heterocycles. The lowest BCUT2D eigenvalue weighted by Gasteiger charge is -2.35. The minimum Gasteiger partial charge on any atom is -0.367 e. The van der Waals surface area contributed by atoms with Gasteiger partial charge in [0.15, 0.2) is 0 Å². The van der Waals surface area contributed by atoms with E-state index in [4.69, 9.17) is 0 Å². The molecule has 3 nitrogen and oxygen atoms in total. The highest BCUT2D eigenvalue weighted by Gasteiger charge is 2.24. The molecule has 25 heavy (non-hydrogen) atoms. The van der Waals surface area contributed by atoms with Gasteiger partial charge in [-0.2, -0.15) is 0 Å². The molecule has 1 atom stereocenters. The summed E-state index contributed by atoms with van der Waals surface area (Å²) in [5.74, 6) is 0. The molecule has 0 saturated carbocycles. The molecule has 1 saturated heterocycles. The summed E-state index contributed by atoms with van der Waals surface area (Å²) >= 11 is 5.76. The zero-order valence-corrected chi connectivity index (χ0v) is 16.7. The van der Waals surface area contributed by atoms with Crippen LogP contribution in [0.15, 0.2) is 58.4 Å². The number of halogens is 1. The minimum atomic E-state index is 0.497. The second-order valence-corrected chi connectivity index (χ2v) is 8.88. The van der Waals surface area contributed by atoms with Crippen molar-refractivity contribution < 1.29 is 0 Å². The monoisotopic (exact) mass is 415 g/mol. The van der Waals surface area contributed by atoms with Crippen molar-refractivity contribution in [3.8, 4) is 0 Å². The number of nitrogens with zero attached hydrogens (tertiary/aromatic N) is 2. The molecule has 0 amide bonds. The number of aromatic nitrogens is 2. The van der Waals surface area contributed by atoms with Gasteiger partial charge in [-0.25, -0.2) is 0 Å². The van der Waals surface area contributed by atoms with Crippen LogP contribution >= 0.6 is 27.7 Å². The summed E-state index contributed by atoms with van der Waals surface area (Å²) in [5.41, 5.74) is 1.39. The lowest BCUT2D eigenvalue weighted by Crippen LogP contribution is -2.36. The van der Waals surface area contributed by atoms with Gasteiger partial charge >= 0.3 is 0 Å². The zero-order valence-electron chi connectivity index (χ0n) is 14.3. The van der Waals surface area contributed by atoms with Crippen molar-refractivity contribution in [2.75, 3.05) is 13.1 Å². The third-order valence-electron chi connectivity index (χ3n) is 5.11. The molecule has 130 valence electrons. The van der Waals surface area contributed by atoms with Gasteiger partial charge in [-0.3, -0.25) is 9.88 Å². The zero-order chi connectivity index (χ0) is 17.2. The third-order valence-corrected chi connectivity index (χ3v) is 7.43. The number of likely N-dealkylation sites (tertiary alicyclic amines) is 1. The largest absolute Gasteiger partial charge is 0.367 e. The number of rotatable bonds is 4. The van der Waals surface area contributed by atoms with Crippen molar-refractivity contribution in [3.63, 3.8) is 0 Å². The van der Waals surface area contributed by atoms with Crippen LogP contribution in [0.3, 0.4) is 0 Å². The fraction of sp³-hybridized carbons (Fsp3) is 0.350. The summed E-state index contributed by atoms with van der Waals surface area (Å²) in [7, 11) is 0. The molecule has 0 aliphatic carbocycles. The molecule has 4 rings (SSSR count). The summed E-state index contributed by atoms with van der Waals surface area (Å²) < 4.78 is 1.18. The first-order chi connectivity index (χ1) is 12.2. The fourth-order valence-electron chi connectivity index (χ4n) is 3.55. The number of pyridine rings is 1. The van der Waals surface area contributed by atoms with Crippen LogP contribution in [0.5, 0.6) is 0 Å². The molecule has 5 heteroatoms. The van der Waals surface area contributed by atoms with Crippen molar-refractivity contribution in [1.82, 2.24) is 14.9 Å². The highest BCUT2D eigenvalue weighted by molar-refractivity contribution is 9.10. The van der Waals surface area contributed by atoms with Gasteiger partial charge in [-0.15, -0.1) is 11.8 Å². The van der Waals surface area contributed by atoms with Gasteiger partial charge in [-0.1, -0.05) is 0 Å². The van der Waals surface area contributed by atoms with E-state index in [-0.39, 0.29) is 0 Å². The van der Waals surface area contributed by atoms with Gasteiger partial charge < -0.3 is 4.98 Å². The lowest BCUT2D eigenvalue weighted by atomic mass is 10.1. The van der Waals surface area contributed by atoms with Gasteiger partial charge in [0.25, 0.3) is 0 Å². The molecule has 0 radical (unpaired) electrons. The molecule has 2 aromatic heterocycles. The van der Waals surface area contributed by atoms with Crippen LogP contribution in [0, 0.1) is 0 Å². The van der Waals surface area contributed by atoms with Gasteiger partial charge in [0, 0.05) is 50.8 Å². The fourth-order valence-corrected chi connectivity index (χ4v) is 5.36. The Morgan fingerprint density at radius 2 is 2.08 bits per heavy atom. The predicted octanol–water partition coefficient (Wildman–Crippen LogP) is 5.64. The van der Waals surface area contributed by atoms with Crippen LogP contribution in [-0.4, -0.2) is 33.2 Å². The maximum atomic E-state index is 4.21. The number of H-pyrrole nitrogens is 1. The van der Waals surface area contributed by atoms with E-state index in [1.807, 2.05) is 30.4 Å². The van der Waals surface area contributed by atoms with Crippen LogP contribution < -0.4 is 0 Å². The predicted molar refractivity (Wildman–Crippen MR) is 109 cm³/mol. The number of nitrogens with one attached hydrogen (secondary N) is 1. The number of piperidine rings is 1. The summed E-state index contributed by atoms with van der Waals surface area (Å²) in [4.78, 5) is 11.3. The second kappa shape index (κ2) is 7.52. The molecule has 1 N–H and O–H groups in total. The topological polar surface area (TPSA) is 31.9 Å². The van der Waals surface area contributed by atoms with Crippen LogP contribution in [-0.2, 0) is 0 Å². The first kappa shape index (κ1) is 17.1. The smallest absolute Gasteiger partial charge is 0.0346 e. The van der Waals surface area contributed by atoms with E-state index in [1.165, 1.54) is 51.6 Å². The van der Waals surface area contributed by atoms with Crippen molar-refractivity contribution in [2.24, 2.45) is 0 Å². The normalized spacial score (nSPS) is 17.8. The molecule has 0 spiro atoms. The highest BCUT2D eigenvalue weighted by Crippen LogP contribution is 2.38. The molecule has 0 bridgehead atoms. The van der Waals surface area contributed by atoms with Gasteiger partial charge in [0.1, 0.15) is 0 Å².